The second-order valence-electron chi connectivity index (χ2n) is 4.69. The highest BCUT2D eigenvalue weighted by atomic mass is 35.5. The number of benzene rings is 2. The highest BCUT2D eigenvalue weighted by Gasteiger charge is 2.21. The highest BCUT2D eigenvalue weighted by Crippen LogP contribution is 2.33. The first-order valence-corrected chi connectivity index (χ1v) is 7.16. The van der Waals surface area contributed by atoms with Gasteiger partial charge in [-0.15, -0.1) is 0 Å². The Kier molecular flexibility index (Phi) is 3.89. The minimum absolute atomic E-state index is 0.360. The van der Waals surface area contributed by atoms with Gasteiger partial charge in [-0.1, -0.05) is 41.4 Å². The third-order valence-corrected chi connectivity index (χ3v) is 3.89. The van der Waals surface area contributed by atoms with Crippen LogP contribution in [0.25, 0.3) is 11.0 Å². The van der Waals surface area contributed by atoms with E-state index >= 15 is 0 Å². The van der Waals surface area contributed by atoms with Crippen LogP contribution < -0.4 is 5.32 Å². The standard InChI is InChI=1S/C16H12Cl2FNO/c1-20-15(11-6-5-10(17)8-13(11)19)14-7-9-3-2-4-12(18)16(9)21-14/h2-8,15,20H,1H3. The first kappa shape index (κ1) is 14.4. The van der Waals surface area contributed by atoms with Crippen molar-refractivity contribution in [3.8, 4) is 0 Å². The van der Waals surface area contributed by atoms with Crippen LogP contribution in [0.3, 0.4) is 0 Å². The van der Waals surface area contributed by atoms with Gasteiger partial charge in [0, 0.05) is 16.0 Å². The molecular weight excluding hydrogens is 312 g/mol. The third-order valence-electron chi connectivity index (χ3n) is 3.36. The molecule has 0 bridgehead atoms. The number of rotatable bonds is 3. The van der Waals surface area contributed by atoms with Gasteiger partial charge >= 0.3 is 0 Å². The van der Waals surface area contributed by atoms with Crippen molar-refractivity contribution >= 4 is 34.2 Å². The van der Waals surface area contributed by atoms with Crippen LogP contribution in [0, 0.1) is 5.82 Å². The molecule has 0 aliphatic carbocycles. The predicted molar refractivity (Wildman–Crippen MR) is 83.5 cm³/mol. The zero-order valence-electron chi connectivity index (χ0n) is 11.2. The maximum atomic E-state index is 14.1. The molecule has 1 N–H and O–H groups in total. The Balaban J connectivity index is 2.11. The minimum Gasteiger partial charge on any atom is -0.457 e. The Labute approximate surface area is 131 Å². The summed E-state index contributed by atoms with van der Waals surface area (Å²) in [5.74, 6) is 0.218. The average Bonchev–Trinajstić information content (AvgIpc) is 2.87. The highest BCUT2D eigenvalue weighted by molar-refractivity contribution is 6.34. The summed E-state index contributed by atoms with van der Waals surface area (Å²) in [7, 11) is 1.74. The summed E-state index contributed by atoms with van der Waals surface area (Å²) in [6.07, 6.45) is 0. The number of para-hydroxylation sites is 1. The lowest BCUT2D eigenvalue weighted by atomic mass is 10.0. The number of fused-ring (bicyclic) bond motifs is 1. The van der Waals surface area contributed by atoms with E-state index in [1.807, 2.05) is 18.2 Å². The fourth-order valence-corrected chi connectivity index (χ4v) is 2.76. The molecule has 0 amide bonds. The number of furan rings is 1. The molecule has 21 heavy (non-hydrogen) atoms. The molecule has 0 saturated carbocycles. The quantitative estimate of drug-likeness (QED) is 0.717. The molecule has 5 heteroatoms. The fourth-order valence-electron chi connectivity index (χ4n) is 2.38. The van der Waals surface area contributed by atoms with E-state index in [1.54, 1.807) is 25.2 Å². The Hall–Kier alpha value is -1.55. The van der Waals surface area contributed by atoms with Gasteiger partial charge in [-0.3, -0.25) is 0 Å². The summed E-state index contributed by atoms with van der Waals surface area (Å²) in [6.45, 7) is 0. The lowest BCUT2D eigenvalue weighted by Gasteiger charge is -2.15. The number of hydrogen-bond acceptors (Lipinski definition) is 2. The van der Waals surface area contributed by atoms with E-state index < -0.39 is 6.04 Å². The Morgan fingerprint density at radius 2 is 1.95 bits per heavy atom. The molecule has 3 aromatic rings. The van der Waals surface area contributed by atoms with Gasteiger partial charge in [0.25, 0.3) is 0 Å². The molecule has 2 aromatic carbocycles. The van der Waals surface area contributed by atoms with Crippen LogP contribution in [0.1, 0.15) is 17.4 Å². The summed E-state index contributed by atoms with van der Waals surface area (Å²) in [4.78, 5) is 0. The fraction of sp³-hybridized carbons (Fsp3) is 0.125. The van der Waals surface area contributed by atoms with E-state index in [9.17, 15) is 4.39 Å². The second-order valence-corrected chi connectivity index (χ2v) is 5.54. The number of hydrogen-bond donors (Lipinski definition) is 1. The summed E-state index contributed by atoms with van der Waals surface area (Å²) in [5.41, 5.74) is 1.07. The van der Waals surface area contributed by atoms with Gasteiger partial charge in [-0.05, 0) is 31.3 Å². The van der Waals surface area contributed by atoms with Crippen molar-refractivity contribution in [2.75, 3.05) is 7.05 Å². The van der Waals surface area contributed by atoms with E-state index in [0.29, 0.717) is 27.0 Å². The molecule has 108 valence electrons. The molecule has 1 heterocycles. The molecule has 1 aromatic heterocycles. The molecule has 3 rings (SSSR count). The Bertz CT molecular complexity index is 800. The lowest BCUT2D eigenvalue weighted by molar-refractivity contribution is 0.476. The molecule has 0 saturated heterocycles. The van der Waals surface area contributed by atoms with Gasteiger partial charge < -0.3 is 9.73 Å². The molecule has 2 nitrogen and oxygen atoms in total. The first-order valence-electron chi connectivity index (χ1n) is 6.40. The van der Waals surface area contributed by atoms with Crippen LogP contribution in [-0.4, -0.2) is 7.05 Å². The monoisotopic (exact) mass is 323 g/mol. The van der Waals surface area contributed by atoms with E-state index in [2.05, 4.69) is 5.32 Å². The Morgan fingerprint density at radius 3 is 2.62 bits per heavy atom. The number of halogens is 3. The van der Waals surface area contributed by atoms with Crippen molar-refractivity contribution in [2.45, 2.75) is 6.04 Å². The van der Waals surface area contributed by atoms with Gasteiger partial charge in [0.15, 0.2) is 5.58 Å². The molecule has 0 aliphatic rings. The van der Waals surface area contributed by atoms with Gasteiger partial charge in [-0.25, -0.2) is 4.39 Å². The largest absolute Gasteiger partial charge is 0.457 e. The molecule has 0 radical (unpaired) electrons. The average molecular weight is 324 g/mol. The molecule has 1 atom stereocenters. The maximum absolute atomic E-state index is 14.1. The molecule has 0 fully saturated rings. The van der Waals surface area contributed by atoms with Crippen molar-refractivity contribution in [3.63, 3.8) is 0 Å². The Morgan fingerprint density at radius 1 is 1.14 bits per heavy atom. The van der Waals surface area contributed by atoms with Crippen molar-refractivity contribution in [3.05, 3.63) is 69.7 Å². The van der Waals surface area contributed by atoms with Gasteiger partial charge in [0.2, 0.25) is 0 Å². The van der Waals surface area contributed by atoms with Crippen molar-refractivity contribution < 1.29 is 8.81 Å². The molecule has 0 spiro atoms. The molecule has 1 unspecified atom stereocenters. The van der Waals surface area contributed by atoms with Crippen LogP contribution in [-0.2, 0) is 0 Å². The SMILES string of the molecule is CNC(c1cc2cccc(Cl)c2o1)c1ccc(Cl)cc1F. The predicted octanol–water partition coefficient (Wildman–Crippen LogP) is 5.19. The second kappa shape index (κ2) is 5.68. The summed E-state index contributed by atoms with van der Waals surface area (Å²) < 4.78 is 19.9. The van der Waals surface area contributed by atoms with E-state index in [4.69, 9.17) is 27.6 Å². The van der Waals surface area contributed by atoms with E-state index in [-0.39, 0.29) is 5.82 Å². The van der Waals surface area contributed by atoms with Gasteiger partial charge in [0.05, 0.1) is 11.1 Å². The van der Waals surface area contributed by atoms with Crippen molar-refractivity contribution in [2.24, 2.45) is 0 Å². The summed E-state index contributed by atoms with van der Waals surface area (Å²) >= 11 is 11.9. The lowest BCUT2D eigenvalue weighted by Crippen LogP contribution is -2.18. The van der Waals surface area contributed by atoms with Crippen LogP contribution in [0.5, 0.6) is 0 Å². The van der Waals surface area contributed by atoms with Crippen molar-refractivity contribution in [1.82, 2.24) is 5.32 Å². The van der Waals surface area contributed by atoms with Crippen LogP contribution in [0.4, 0.5) is 4.39 Å². The van der Waals surface area contributed by atoms with Crippen molar-refractivity contribution in [1.29, 1.82) is 0 Å². The summed E-state index contributed by atoms with van der Waals surface area (Å²) in [5, 5.41) is 4.83. The number of nitrogens with one attached hydrogen (secondary N) is 1. The zero-order chi connectivity index (χ0) is 15.0. The third kappa shape index (κ3) is 2.64. The smallest absolute Gasteiger partial charge is 0.152 e. The normalized spacial score (nSPS) is 12.8. The van der Waals surface area contributed by atoms with Gasteiger partial charge in [-0.2, -0.15) is 0 Å². The maximum Gasteiger partial charge on any atom is 0.152 e. The van der Waals surface area contributed by atoms with Crippen LogP contribution >= 0.6 is 23.2 Å². The topological polar surface area (TPSA) is 25.2 Å². The van der Waals surface area contributed by atoms with Crippen LogP contribution in [0.15, 0.2) is 46.9 Å². The first-order chi connectivity index (χ1) is 10.1. The minimum atomic E-state index is -0.411. The molecular formula is C16H12Cl2FNO. The van der Waals surface area contributed by atoms with Crippen LogP contribution in [0.2, 0.25) is 10.0 Å². The molecule has 0 aliphatic heterocycles. The zero-order valence-corrected chi connectivity index (χ0v) is 12.7. The summed E-state index contributed by atoms with van der Waals surface area (Å²) in [6, 6.07) is 11.5. The van der Waals surface area contributed by atoms with E-state index in [1.165, 1.54) is 6.07 Å². The van der Waals surface area contributed by atoms with E-state index in [0.717, 1.165) is 5.39 Å². The van der Waals surface area contributed by atoms with Gasteiger partial charge in [0.1, 0.15) is 11.6 Å².